The van der Waals surface area contributed by atoms with Gasteiger partial charge in [0.1, 0.15) is 4.32 Å². The third-order valence-electron chi connectivity index (χ3n) is 2.98. The van der Waals surface area contributed by atoms with Gasteiger partial charge in [-0.25, -0.2) is 0 Å². The first-order valence-electron chi connectivity index (χ1n) is 6.18. The highest BCUT2D eigenvalue weighted by molar-refractivity contribution is 9.10. The van der Waals surface area contributed by atoms with E-state index in [0.717, 1.165) is 10.0 Å². The molecule has 1 saturated heterocycles. The van der Waals surface area contributed by atoms with Gasteiger partial charge < -0.3 is 9.47 Å². The fourth-order valence-corrected chi connectivity index (χ4v) is 3.71. The van der Waals surface area contributed by atoms with Gasteiger partial charge in [-0.3, -0.25) is 9.69 Å². The van der Waals surface area contributed by atoms with Crippen LogP contribution in [0.5, 0.6) is 11.5 Å². The fraction of sp³-hybridized carbons (Fsp3) is 0.286. The SMILES string of the molecule is CCN1C(=O)C(=Cc2cc(OC)c(OC)cc2Br)SC1=S. The molecular formula is C14H14BrNO3S2. The zero-order chi connectivity index (χ0) is 15.6. The lowest BCUT2D eigenvalue weighted by atomic mass is 10.2. The molecule has 0 aromatic heterocycles. The number of methoxy groups -OCH3 is 2. The monoisotopic (exact) mass is 387 g/mol. The molecule has 0 bridgehead atoms. The molecule has 1 heterocycles. The summed E-state index contributed by atoms with van der Waals surface area (Å²) < 4.78 is 11.9. The molecule has 0 saturated carbocycles. The summed E-state index contributed by atoms with van der Waals surface area (Å²) in [6.07, 6.45) is 1.81. The molecule has 1 aromatic carbocycles. The highest BCUT2D eigenvalue weighted by atomic mass is 79.9. The summed E-state index contributed by atoms with van der Waals surface area (Å²) in [4.78, 5) is 14.4. The number of rotatable bonds is 4. The molecule has 21 heavy (non-hydrogen) atoms. The average molecular weight is 388 g/mol. The molecule has 1 aliphatic rings. The average Bonchev–Trinajstić information content (AvgIpc) is 2.74. The number of likely N-dealkylation sites (N-methyl/N-ethyl adjacent to an activating group) is 1. The van der Waals surface area contributed by atoms with Crippen molar-refractivity contribution in [3.63, 3.8) is 0 Å². The third kappa shape index (κ3) is 3.25. The molecule has 112 valence electrons. The van der Waals surface area contributed by atoms with Crippen LogP contribution in [0.3, 0.4) is 0 Å². The Morgan fingerprint density at radius 3 is 2.48 bits per heavy atom. The molecule has 0 atom stereocenters. The normalized spacial score (nSPS) is 16.8. The van der Waals surface area contributed by atoms with Crippen LogP contribution in [0.4, 0.5) is 0 Å². The van der Waals surface area contributed by atoms with Gasteiger partial charge in [0.2, 0.25) is 0 Å². The van der Waals surface area contributed by atoms with E-state index in [1.807, 2.05) is 19.1 Å². The number of thiocarbonyl (C=S) groups is 1. The molecular weight excluding hydrogens is 374 g/mol. The summed E-state index contributed by atoms with van der Waals surface area (Å²) in [5.41, 5.74) is 0.837. The van der Waals surface area contributed by atoms with Crippen molar-refractivity contribution in [3.8, 4) is 11.5 Å². The van der Waals surface area contributed by atoms with Crippen molar-refractivity contribution in [1.29, 1.82) is 0 Å². The van der Waals surface area contributed by atoms with Gasteiger partial charge in [-0.05, 0) is 30.7 Å². The first kappa shape index (κ1) is 16.3. The molecule has 4 nitrogen and oxygen atoms in total. The molecule has 1 fully saturated rings. The number of nitrogens with zero attached hydrogens (tertiary/aromatic N) is 1. The third-order valence-corrected chi connectivity index (χ3v) is 5.04. The van der Waals surface area contributed by atoms with Gasteiger partial charge in [0.15, 0.2) is 11.5 Å². The van der Waals surface area contributed by atoms with Gasteiger partial charge in [-0.1, -0.05) is 39.9 Å². The van der Waals surface area contributed by atoms with Crippen molar-refractivity contribution >= 4 is 56.2 Å². The fourth-order valence-electron chi connectivity index (χ4n) is 1.89. The van der Waals surface area contributed by atoms with E-state index in [4.69, 9.17) is 21.7 Å². The number of carbonyl (C=O) groups excluding carboxylic acids is 1. The smallest absolute Gasteiger partial charge is 0.266 e. The molecule has 0 unspecified atom stereocenters. The number of hydrogen-bond donors (Lipinski definition) is 0. The summed E-state index contributed by atoms with van der Waals surface area (Å²) in [6, 6.07) is 3.63. The van der Waals surface area contributed by atoms with Gasteiger partial charge in [-0.2, -0.15) is 0 Å². The predicted molar refractivity (Wildman–Crippen MR) is 92.8 cm³/mol. The second-order valence-corrected chi connectivity index (χ2v) is 6.68. The quantitative estimate of drug-likeness (QED) is 0.581. The lowest BCUT2D eigenvalue weighted by Crippen LogP contribution is -2.27. The lowest BCUT2D eigenvalue weighted by Gasteiger charge is -2.11. The summed E-state index contributed by atoms with van der Waals surface area (Å²) in [7, 11) is 3.16. The topological polar surface area (TPSA) is 38.8 Å². The number of hydrogen-bond acceptors (Lipinski definition) is 5. The zero-order valence-electron chi connectivity index (χ0n) is 11.8. The largest absolute Gasteiger partial charge is 0.493 e. The molecule has 1 aromatic rings. The van der Waals surface area contributed by atoms with Crippen LogP contribution in [0, 0.1) is 0 Å². The van der Waals surface area contributed by atoms with Crippen molar-refractivity contribution in [2.75, 3.05) is 20.8 Å². The maximum absolute atomic E-state index is 12.2. The Balaban J connectivity index is 2.42. The second kappa shape index (κ2) is 6.81. The second-order valence-electron chi connectivity index (χ2n) is 4.15. The molecule has 0 radical (unpaired) electrons. The Hall–Kier alpha value is -1.05. The van der Waals surface area contributed by atoms with Crippen LogP contribution in [0.1, 0.15) is 12.5 Å². The van der Waals surface area contributed by atoms with Crippen molar-refractivity contribution in [2.45, 2.75) is 6.92 Å². The van der Waals surface area contributed by atoms with Crippen LogP contribution in [-0.4, -0.2) is 35.9 Å². The highest BCUT2D eigenvalue weighted by Gasteiger charge is 2.30. The van der Waals surface area contributed by atoms with E-state index in [-0.39, 0.29) is 5.91 Å². The van der Waals surface area contributed by atoms with E-state index in [9.17, 15) is 4.79 Å². The van der Waals surface area contributed by atoms with Crippen LogP contribution in [0.15, 0.2) is 21.5 Å². The molecule has 1 amide bonds. The Kier molecular flexibility index (Phi) is 5.29. The summed E-state index contributed by atoms with van der Waals surface area (Å²) in [5.74, 6) is 1.18. The minimum atomic E-state index is -0.0609. The number of thioether (sulfide) groups is 1. The Bertz CT molecular complexity index is 631. The van der Waals surface area contributed by atoms with E-state index >= 15 is 0 Å². The highest BCUT2D eigenvalue weighted by Crippen LogP contribution is 2.37. The van der Waals surface area contributed by atoms with Crippen LogP contribution in [-0.2, 0) is 4.79 Å². The van der Waals surface area contributed by atoms with Crippen molar-refractivity contribution in [1.82, 2.24) is 4.90 Å². The first-order chi connectivity index (χ1) is 10.0. The predicted octanol–water partition coefficient (Wildman–Crippen LogP) is 3.69. The Morgan fingerprint density at radius 1 is 1.33 bits per heavy atom. The molecule has 0 N–H and O–H groups in total. The van der Waals surface area contributed by atoms with E-state index < -0.39 is 0 Å². The van der Waals surface area contributed by atoms with Crippen molar-refractivity contribution in [2.24, 2.45) is 0 Å². The minimum Gasteiger partial charge on any atom is -0.493 e. The number of benzene rings is 1. The van der Waals surface area contributed by atoms with Gasteiger partial charge in [0, 0.05) is 11.0 Å². The number of amides is 1. The summed E-state index contributed by atoms with van der Waals surface area (Å²) in [5, 5.41) is 0. The van der Waals surface area contributed by atoms with E-state index in [2.05, 4.69) is 15.9 Å². The molecule has 0 aliphatic carbocycles. The molecule has 1 aliphatic heterocycles. The van der Waals surface area contributed by atoms with Crippen molar-refractivity contribution < 1.29 is 14.3 Å². The summed E-state index contributed by atoms with van der Waals surface area (Å²) >= 11 is 9.99. The summed E-state index contributed by atoms with van der Waals surface area (Å²) in [6.45, 7) is 2.48. The molecule has 7 heteroatoms. The number of carbonyl (C=O) groups is 1. The van der Waals surface area contributed by atoms with Crippen LogP contribution in [0.25, 0.3) is 6.08 Å². The standard InChI is InChI=1S/C14H14BrNO3S2/c1-4-16-13(17)12(21-14(16)20)6-8-5-10(18-2)11(19-3)7-9(8)15/h5-7H,4H2,1-3H3. The van der Waals surface area contributed by atoms with Crippen LogP contribution in [0.2, 0.25) is 0 Å². The molecule has 2 rings (SSSR count). The van der Waals surface area contributed by atoms with E-state index in [1.165, 1.54) is 11.8 Å². The van der Waals surface area contributed by atoms with Crippen molar-refractivity contribution in [3.05, 3.63) is 27.1 Å². The Morgan fingerprint density at radius 2 is 1.95 bits per heavy atom. The maximum atomic E-state index is 12.2. The Labute approximate surface area is 141 Å². The van der Waals surface area contributed by atoms with Crippen LogP contribution >= 0.6 is 39.9 Å². The molecule has 0 spiro atoms. The number of ether oxygens (including phenoxy) is 2. The number of halogens is 1. The van der Waals surface area contributed by atoms with Gasteiger partial charge in [-0.15, -0.1) is 0 Å². The van der Waals surface area contributed by atoms with Gasteiger partial charge in [0.25, 0.3) is 5.91 Å². The lowest BCUT2D eigenvalue weighted by molar-refractivity contribution is -0.121. The zero-order valence-corrected chi connectivity index (χ0v) is 15.0. The van der Waals surface area contributed by atoms with E-state index in [0.29, 0.717) is 27.3 Å². The van der Waals surface area contributed by atoms with E-state index in [1.54, 1.807) is 25.2 Å². The van der Waals surface area contributed by atoms with Gasteiger partial charge >= 0.3 is 0 Å². The maximum Gasteiger partial charge on any atom is 0.266 e. The minimum absolute atomic E-state index is 0.0609. The van der Waals surface area contributed by atoms with Crippen LogP contribution < -0.4 is 9.47 Å². The van der Waals surface area contributed by atoms with Gasteiger partial charge in [0.05, 0.1) is 19.1 Å². The first-order valence-corrected chi connectivity index (χ1v) is 8.20.